The lowest BCUT2D eigenvalue weighted by molar-refractivity contribution is 0.135. The summed E-state index contributed by atoms with van der Waals surface area (Å²) in [6.45, 7) is 6.63. The fourth-order valence-corrected chi connectivity index (χ4v) is 1.63. The molecular weight excluding hydrogens is 190 g/mol. The molecule has 1 atom stereocenters. The Morgan fingerprint density at radius 1 is 1.53 bits per heavy atom. The lowest BCUT2D eigenvalue weighted by Crippen LogP contribution is -2.25. The Morgan fingerprint density at radius 2 is 2.33 bits per heavy atom. The van der Waals surface area contributed by atoms with Crippen LogP contribution in [0.2, 0.25) is 0 Å². The summed E-state index contributed by atoms with van der Waals surface area (Å²) in [6.07, 6.45) is 4.77. The van der Waals surface area contributed by atoms with Gasteiger partial charge in [-0.2, -0.15) is 0 Å². The van der Waals surface area contributed by atoms with E-state index >= 15 is 0 Å². The molecular formula is C11H21N3O. The minimum atomic E-state index is 0.293. The molecule has 0 saturated carbocycles. The number of hydrogen-bond donors (Lipinski definition) is 1. The molecule has 0 amide bonds. The molecule has 1 heterocycles. The molecule has 1 aromatic heterocycles. The molecule has 15 heavy (non-hydrogen) atoms. The van der Waals surface area contributed by atoms with Crippen molar-refractivity contribution in [2.24, 2.45) is 7.05 Å². The van der Waals surface area contributed by atoms with Crippen molar-refractivity contribution in [3.8, 4) is 0 Å². The van der Waals surface area contributed by atoms with Gasteiger partial charge < -0.3 is 14.6 Å². The van der Waals surface area contributed by atoms with Gasteiger partial charge in [-0.05, 0) is 19.9 Å². The summed E-state index contributed by atoms with van der Waals surface area (Å²) in [6, 6.07) is 0.293. The van der Waals surface area contributed by atoms with Crippen LogP contribution in [0.25, 0.3) is 0 Å². The molecule has 4 heteroatoms. The first kappa shape index (κ1) is 12.2. The third-order valence-corrected chi connectivity index (χ3v) is 2.38. The Bertz CT molecular complexity index is 273. The Morgan fingerprint density at radius 3 is 2.87 bits per heavy atom. The Kier molecular flexibility index (Phi) is 5.36. The van der Waals surface area contributed by atoms with Gasteiger partial charge in [-0.1, -0.05) is 6.92 Å². The van der Waals surface area contributed by atoms with Gasteiger partial charge >= 0.3 is 0 Å². The molecule has 0 aliphatic carbocycles. The molecule has 1 aromatic rings. The van der Waals surface area contributed by atoms with Crippen LogP contribution in [0.4, 0.5) is 0 Å². The predicted molar refractivity (Wildman–Crippen MR) is 60.7 cm³/mol. The van der Waals surface area contributed by atoms with Gasteiger partial charge in [-0.15, -0.1) is 0 Å². The number of hydrogen-bond acceptors (Lipinski definition) is 3. The Hall–Kier alpha value is -0.870. The quantitative estimate of drug-likeness (QED) is 0.695. The third kappa shape index (κ3) is 3.64. The summed E-state index contributed by atoms with van der Waals surface area (Å²) in [4.78, 5) is 4.36. The van der Waals surface area contributed by atoms with E-state index in [2.05, 4.69) is 21.8 Å². The van der Waals surface area contributed by atoms with Crippen LogP contribution in [0, 0.1) is 0 Å². The maximum atomic E-state index is 5.37. The standard InChI is InChI=1S/C11H21N3O/c1-4-12-10(6-9-15-5-2)11-13-7-8-14(11)3/h7-8,10,12H,4-6,9H2,1-3H3. The van der Waals surface area contributed by atoms with Crippen LogP contribution in [0.1, 0.15) is 32.1 Å². The summed E-state index contributed by atoms with van der Waals surface area (Å²) in [5.41, 5.74) is 0. The minimum Gasteiger partial charge on any atom is -0.382 e. The van der Waals surface area contributed by atoms with Crippen LogP contribution in [0.3, 0.4) is 0 Å². The molecule has 0 bridgehead atoms. The van der Waals surface area contributed by atoms with Gasteiger partial charge in [0.2, 0.25) is 0 Å². The van der Waals surface area contributed by atoms with Crippen molar-refractivity contribution in [3.63, 3.8) is 0 Å². The second-order valence-electron chi connectivity index (χ2n) is 3.49. The van der Waals surface area contributed by atoms with E-state index in [0.29, 0.717) is 6.04 Å². The average Bonchev–Trinajstić information content (AvgIpc) is 2.64. The summed E-state index contributed by atoms with van der Waals surface area (Å²) in [5, 5.41) is 3.42. The van der Waals surface area contributed by atoms with E-state index in [1.807, 2.05) is 26.4 Å². The van der Waals surface area contributed by atoms with Gasteiger partial charge in [0.05, 0.1) is 6.04 Å². The average molecular weight is 211 g/mol. The summed E-state index contributed by atoms with van der Waals surface area (Å²) >= 11 is 0. The van der Waals surface area contributed by atoms with Crippen LogP contribution in [0.15, 0.2) is 12.4 Å². The first-order chi connectivity index (χ1) is 7.29. The van der Waals surface area contributed by atoms with Crippen molar-refractivity contribution in [1.29, 1.82) is 0 Å². The Balaban J connectivity index is 2.53. The van der Waals surface area contributed by atoms with Crippen LogP contribution in [-0.4, -0.2) is 29.3 Å². The largest absolute Gasteiger partial charge is 0.382 e. The van der Waals surface area contributed by atoms with E-state index in [0.717, 1.165) is 32.0 Å². The van der Waals surface area contributed by atoms with Crippen LogP contribution in [-0.2, 0) is 11.8 Å². The van der Waals surface area contributed by atoms with E-state index in [1.54, 1.807) is 0 Å². The van der Waals surface area contributed by atoms with E-state index in [9.17, 15) is 0 Å². The summed E-state index contributed by atoms with van der Waals surface area (Å²) in [7, 11) is 2.02. The number of imidazole rings is 1. The van der Waals surface area contributed by atoms with Crippen molar-refractivity contribution in [2.75, 3.05) is 19.8 Å². The van der Waals surface area contributed by atoms with Gasteiger partial charge in [0, 0.05) is 32.7 Å². The number of nitrogens with one attached hydrogen (secondary N) is 1. The zero-order valence-corrected chi connectivity index (χ0v) is 9.86. The minimum absolute atomic E-state index is 0.293. The molecule has 0 spiro atoms. The fraction of sp³-hybridized carbons (Fsp3) is 0.727. The fourth-order valence-electron chi connectivity index (χ4n) is 1.63. The number of nitrogens with zero attached hydrogens (tertiary/aromatic N) is 2. The summed E-state index contributed by atoms with van der Waals surface area (Å²) < 4.78 is 7.43. The van der Waals surface area contributed by atoms with Crippen molar-refractivity contribution in [2.45, 2.75) is 26.3 Å². The second-order valence-corrected chi connectivity index (χ2v) is 3.49. The van der Waals surface area contributed by atoms with Crippen LogP contribution >= 0.6 is 0 Å². The second kappa shape index (κ2) is 6.58. The molecule has 0 aromatic carbocycles. The number of aromatic nitrogens is 2. The highest BCUT2D eigenvalue weighted by Gasteiger charge is 2.13. The maximum Gasteiger partial charge on any atom is 0.125 e. The first-order valence-electron chi connectivity index (χ1n) is 5.57. The summed E-state index contributed by atoms with van der Waals surface area (Å²) in [5.74, 6) is 1.08. The Labute approximate surface area is 91.7 Å². The smallest absolute Gasteiger partial charge is 0.125 e. The first-order valence-corrected chi connectivity index (χ1v) is 5.57. The zero-order valence-electron chi connectivity index (χ0n) is 9.86. The molecule has 1 rings (SSSR count). The van der Waals surface area contributed by atoms with Crippen LogP contribution < -0.4 is 5.32 Å². The highest BCUT2D eigenvalue weighted by molar-refractivity contribution is 4.98. The van der Waals surface area contributed by atoms with Crippen molar-refractivity contribution in [1.82, 2.24) is 14.9 Å². The molecule has 1 N–H and O–H groups in total. The topological polar surface area (TPSA) is 39.1 Å². The molecule has 1 unspecified atom stereocenters. The van der Waals surface area contributed by atoms with E-state index in [1.165, 1.54) is 0 Å². The zero-order chi connectivity index (χ0) is 11.1. The van der Waals surface area contributed by atoms with Gasteiger partial charge in [0.25, 0.3) is 0 Å². The number of aryl methyl sites for hydroxylation is 1. The van der Waals surface area contributed by atoms with E-state index in [4.69, 9.17) is 4.74 Å². The molecule has 0 aliphatic heterocycles. The third-order valence-electron chi connectivity index (χ3n) is 2.38. The van der Waals surface area contributed by atoms with E-state index < -0.39 is 0 Å². The lowest BCUT2D eigenvalue weighted by atomic mass is 10.2. The van der Waals surface area contributed by atoms with Gasteiger partial charge in [-0.25, -0.2) is 4.98 Å². The van der Waals surface area contributed by atoms with Gasteiger partial charge in [-0.3, -0.25) is 0 Å². The highest BCUT2D eigenvalue weighted by Crippen LogP contribution is 2.13. The monoisotopic (exact) mass is 211 g/mol. The van der Waals surface area contributed by atoms with Gasteiger partial charge in [0.1, 0.15) is 5.82 Å². The van der Waals surface area contributed by atoms with Crippen LogP contribution in [0.5, 0.6) is 0 Å². The number of rotatable bonds is 7. The lowest BCUT2D eigenvalue weighted by Gasteiger charge is -2.17. The SMILES string of the molecule is CCNC(CCOCC)c1nccn1C. The van der Waals surface area contributed by atoms with E-state index in [-0.39, 0.29) is 0 Å². The van der Waals surface area contributed by atoms with Crippen molar-refractivity contribution >= 4 is 0 Å². The molecule has 0 saturated heterocycles. The maximum absolute atomic E-state index is 5.37. The number of ether oxygens (including phenoxy) is 1. The molecule has 0 aliphatic rings. The molecule has 86 valence electrons. The van der Waals surface area contributed by atoms with Crippen molar-refractivity contribution in [3.05, 3.63) is 18.2 Å². The normalized spacial score (nSPS) is 13.0. The van der Waals surface area contributed by atoms with Crippen molar-refractivity contribution < 1.29 is 4.74 Å². The molecule has 0 radical (unpaired) electrons. The molecule has 0 fully saturated rings. The predicted octanol–water partition coefficient (Wildman–Crippen LogP) is 1.50. The molecule has 4 nitrogen and oxygen atoms in total. The van der Waals surface area contributed by atoms with Gasteiger partial charge in [0.15, 0.2) is 0 Å². The highest BCUT2D eigenvalue weighted by atomic mass is 16.5.